The lowest BCUT2D eigenvalue weighted by Crippen LogP contribution is -2.38. The smallest absolute Gasteiger partial charge is 0.340 e. The van der Waals surface area contributed by atoms with Crippen LogP contribution in [0, 0.1) is 0 Å². The van der Waals surface area contributed by atoms with Crippen LogP contribution in [0.1, 0.15) is 35.3 Å². The monoisotopic (exact) mass is 464 g/mol. The summed E-state index contributed by atoms with van der Waals surface area (Å²) >= 11 is 6.10. The summed E-state index contributed by atoms with van der Waals surface area (Å²) in [7, 11) is -3.76. The van der Waals surface area contributed by atoms with Gasteiger partial charge >= 0.3 is 5.97 Å². The molecule has 0 aliphatic carbocycles. The van der Waals surface area contributed by atoms with E-state index in [1.165, 1.54) is 28.1 Å². The van der Waals surface area contributed by atoms with Crippen LogP contribution in [0.25, 0.3) is 0 Å². The first-order chi connectivity index (χ1) is 14.8. The SMILES string of the molecule is CCN(CC)S(=O)(=O)c1ccc(Cl)c(C(=O)OCC(=O)N2CCc3ccccc3C2)c1. The summed E-state index contributed by atoms with van der Waals surface area (Å²) in [6.07, 6.45) is 0.743. The van der Waals surface area contributed by atoms with Crippen molar-refractivity contribution in [2.24, 2.45) is 0 Å². The number of nitrogens with zero attached hydrogens (tertiary/aromatic N) is 2. The van der Waals surface area contributed by atoms with Crippen LogP contribution < -0.4 is 0 Å². The zero-order valence-electron chi connectivity index (χ0n) is 17.5. The number of carbonyl (C=O) groups is 2. The number of rotatable bonds is 7. The fourth-order valence-corrected chi connectivity index (χ4v) is 5.22. The van der Waals surface area contributed by atoms with Gasteiger partial charge in [0.15, 0.2) is 6.61 Å². The number of amides is 1. The van der Waals surface area contributed by atoms with Crippen LogP contribution >= 0.6 is 11.6 Å². The number of sulfonamides is 1. The third-order valence-electron chi connectivity index (χ3n) is 5.31. The lowest BCUT2D eigenvalue weighted by Gasteiger charge is -2.28. The van der Waals surface area contributed by atoms with Gasteiger partial charge in [-0.2, -0.15) is 4.31 Å². The Morgan fingerprint density at radius 2 is 1.77 bits per heavy atom. The van der Waals surface area contributed by atoms with E-state index in [-0.39, 0.29) is 21.4 Å². The molecule has 0 fully saturated rings. The van der Waals surface area contributed by atoms with E-state index in [1.54, 1.807) is 18.7 Å². The van der Waals surface area contributed by atoms with Gasteiger partial charge in [-0.3, -0.25) is 4.79 Å². The standard InChI is InChI=1S/C22H25ClN2O5S/c1-3-25(4-2)31(28,29)18-9-10-20(23)19(13-18)22(27)30-15-21(26)24-12-11-16-7-5-6-8-17(16)14-24/h5-10,13H,3-4,11-12,14-15H2,1-2H3. The summed E-state index contributed by atoms with van der Waals surface area (Å²) in [5, 5.41) is 0.0582. The van der Waals surface area contributed by atoms with E-state index in [4.69, 9.17) is 16.3 Å². The molecule has 0 unspecified atom stereocenters. The first-order valence-corrected chi connectivity index (χ1v) is 11.9. The Hall–Kier alpha value is -2.42. The topological polar surface area (TPSA) is 84.0 Å². The molecule has 0 N–H and O–H groups in total. The number of esters is 1. The Balaban J connectivity index is 1.69. The number of ether oxygens (including phenoxy) is 1. The van der Waals surface area contributed by atoms with Crippen molar-refractivity contribution in [2.45, 2.75) is 31.7 Å². The Bertz CT molecular complexity index is 1080. The van der Waals surface area contributed by atoms with Gasteiger partial charge in [-0.05, 0) is 35.7 Å². The van der Waals surface area contributed by atoms with Gasteiger partial charge in [-0.1, -0.05) is 49.7 Å². The second-order valence-corrected chi connectivity index (χ2v) is 9.49. The van der Waals surface area contributed by atoms with E-state index >= 15 is 0 Å². The molecule has 1 heterocycles. The Kier molecular flexibility index (Phi) is 7.35. The average Bonchev–Trinajstić information content (AvgIpc) is 2.77. The molecule has 9 heteroatoms. The van der Waals surface area contributed by atoms with Crippen molar-refractivity contribution in [3.63, 3.8) is 0 Å². The highest BCUT2D eigenvalue weighted by Gasteiger charge is 2.26. The van der Waals surface area contributed by atoms with E-state index in [2.05, 4.69) is 0 Å². The zero-order chi connectivity index (χ0) is 22.6. The molecule has 3 rings (SSSR count). The van der Waals surface area contributed by atoms with Gasteiger partial charge in [0.05, 0.1) is 15.5 Å². The summed E-state index contributed by atoms with van der Waals surface area (Å²) in [4.78, 5) is 26.7. The van der Waals surface area contributed by atoms with Gasteiger partial charge in [0, 0.05) is 26.2 Å². The van der Waals surface area contributed by atoms with Crippen molar-refractivity contribution < 1.29 is 22.7 Å². The summed E-state index contributed by atoms with van der Waals surface area (Å²) < 4.78 is 31.9. The molecule has 0 radical (unpaired) electrons. The molecule has 2 aromatic carbocycles. The maximum atomic E-state index is 12.7. The van der Waals surface area contributed by atoms with E-state index in [9.17, 15) is 18.0 Å². The summed E-state index contributed by atoms with van der Waals surface area (Å²) in [5.74, 6) is -1.15. The van der Waals surface area contributed by atoms with E-state index < -0.39 is 22.6 Å². The molecular formula is C22H25ClN2O5S. The summed E-state index contributed by atoms with van der Waals surface area (Å²) in [6, 6.07) is 11.8. The van der Waals surface area contributed by atoms with Crippen LogP contribution in [0.4, 0.5) is 0 Å². The number of hydrogen-bond donors (Lipinski definition) is 0. The number of benzene rings is 2. The van der Waals surface area contributed by atoms with Gasteiger partial charge in [0.2, 0.25) is 10.0 Å². The maximum absolute atomic E-state index is 12.7. The van der Waals surface area contributed by atoms with Gasteiger partial charge in [-0.25, -0.2) is 13.2 Å². The minimum atomic E-state index is -3.76. The minimum Gasteiger partial charge on any atom is -0.452 e. The molecule has 0 aromatic heterocycles. The highest BCUT2D eigenvalue weighted by atomic mass is 35.5. The highest BCUT2D eigenvalue weighted by Crippen LogP contribution is 2.24. The lowest BCUT2D eigenvalue weighted by molar-refractivity contribution is -0.135. The van der Waals surface area contributed by atoms with Gasteiger partial charge in [-0.15, -0.1) is 0 Å². The van der Waals surface area contributed by atoms with Gasteiger partial charge in [0.1, 0.15) is 0 Å². The minimum absolute atomic E-state index is 0.0495. The largest absolute Gasteiger partial charge is 0.452 e. The van der Waals surface area contributed by atoms with Crippen molar-refractivity contribution in [1.29, 1.82) is 0 Å². The predicted molar refractivity (Wildman–Crippen MR) is 117 cm³/mol. The molecule has 0 spiro atoms. The number of halogens is 1. The van der Waals surface area contributed by atoms with Crippen LogP contribution in [0.2, 0.25) is 5.02 Å². The van der Waals surface area contributed by atoms with E-state index in [0.717, 1.165) is 12.0 Å². The van der Waals surface area contributed by atoms with E-state index in [0.29, 0.717) is 26.2 Å². The molecule has 7 nitrogen and oxygen atoms in total. The quantitative estimate of drug-likeness (QED) is 0.588. The van der Waals surface area contributed by atoms with Crippen LogP contribution in [0.3, 0.4) is 0 Å². The molecule has 0 saturated carbocycles. The maximum Gasteiger partial charge on any atom is 0.340 e. The first kappa shape index (κ1) is 23.2. The van der Waals surface area contributed by atoms with Crippen molar-refractivity contribution in [2.75, 3.05) is 26.2 Å². The molecule has 2 aromatic rings. The summed E-state index contributed by atoms with van der Waals surface area (Å²) in [5.41, 5.74) is 2.19. The number of carbonyl (C=O) groups excluding carboxylic acids is 2. The molecule has 1 aliphatic heterocycles. The molecule has 0 atom stereocenters. The predicted octanol–water partition coefficient (Wildman–Crippen LogP) is 3.11. The third kappa shape index (κ3) is 5.08. The number of hydrogen-bond acceptors (Lipinski definition) is 5. The van der Waals surface area contributed by atoms with Crippen molar-refractivity contribution in [1.82, 2.24) is 9.21 Å². The Morgan fingerprint density at radius 1 is 1.10 bits per heavy atom. The van der Waals surface area contributed by atoms with Crippen LogP contribution in [-0.4, -0.2) is 55.7 Å². The van der Waals surface area contributed by atoms with Gasteiger partial charge in [0.25, 0.3) is 5.91 Å². The third-order valence-corrected chi connectivity index (χ3v) is 7.69. The zero-order valence-corrected chi connectivity index (χ0v) is 19.1. The second kappa shape index (κ2) is 9.80. The molecule has 31 heavy (non-hydrogen) atoms. The van der Waals surface area contributed by atoms with Crippen molar-refractivity contribution >= 4 is 33.5 Å². The highest BCUT2D eigenvalue weighted by molar-refractivity contribution is 7.89. The first-order valence-electron chi connectivity index (χ1n) is 10.1. The Morgan fingerprint density at radius 3 is 2.45 bits per heavy atom. The molecule has 1 amide bonds. The van der Waals surface area contributed by atoms with E-state index in [1.807, 2.05) is 24.3 Å². The average molecular weight is 465 g/mol. The van der Waals surface area contributed by atoms with Crippen LogP contribution in [0.5, 0.6) is 0 Å². The molecule has 166 valence electrons. The fraction of sp³-hybridized carbons (Fsp3) is 0.364. The van der Waals surface area contributed by atoms with Gasteiger partial charge < -0.3 is 9.64 Å². The molecule has 0 bridgehead atoms. The molecule has 1 aliphatic rings. The molecule has 0 saturated heterocycles. The number of fused-ring (bicyclic) bond motifs is 1. The normalized spacial score (nSPS) is 13.7. The Labute approximate surface area is 187 Å². The van der Waals surface area contributed by atoms with Crippen molar-refractivity contribution in [3.05, 3.63) is 64.2 Å². The second-order valence-electron chi connectivity index (χ2n) is 7.14. The fourth-order valence-electron chi connectivity index (χ4n) is 3.54. The van der Waals surface area contributed by atoms with Crippen molar-refractivity contribution in [3.8, 4) is 0 Å². The summed E-state index contributed by atoms with van der Waals surface area (Å²) in [6.45, 7) is 4.64. The molecular weight excluding hydrogens is 440 g/mol. The lowest BCUT2D eigenvalue weighted by atomic mass is 10.00. The van der Waals surface area contributed by atoms with Crippen LogP contribution in [0.15, 0.2) is 47.4 Å². The van der Waals surface area contributed by atoms with Crippen LogP contribution in [-0.2, 0) is 32.5 Å².